The number of imidazole rings is 1. The first-order valence-corrected chi connectivity index (χ1v) is 12.0. The quantitative estimate of drug-likeness (QED) is 0.228. The normalized spacial score (nSPS) is 12.7. The largest absolute Gasteiger partial charge is 0.441 e. The van der Waals surface area contributed by atoms with Crippen molar-refractivity contribution >= 4 is 28.7 Å². The van der Waals surface area contributed by atoms with Crippen molar-refractivity contribution in [3.63, 3.8) is 0 Å². The van der Waals surface area contributed by atoms with E-state index in [-0.39, 0.29) is 35.2 Å². The van der Waals surface area contributed by atoms with Crippen molar-refractivity contribution in [1.82, 2.24) is 29.3 Å². The van der Waals surface area contributed by atoms with Crippen molar-refractivity contribution in [2.24, 2.45) is 0 Å². The average molecular weight is 537 g/mol. The van der Waals surface area contributed by atoms with Crippen LogP contribution >= 0.6 is 11.6 Å². The third-order valence-corrected chi connectivity index (χ3v) is 5.74. The molecule has 37 heavy (non-hydrogen) atoms. The van der Waals surface area contributed by atoms with E-state index in [1.165, 1.54) is 21.5 Å². The monoisotopic (exact) mass is 536 g/mol. The maximum atomic E-state index is 13.1. The molecule has 0 aliphatic carbocycles. The van der Waals surface area contributed by atoms with E-state index in [1.807, 2.05) is 13.8 Å². The van der Waals surface area contributed by atoms with Gasteiger partial charge in [0.2, 0.25) is 5.28 Å². The second-order valence-corrected chi connectivity index (χ2v) is 8.80. The summed E-state index contributed by atoms with van der Waals surface area (Å²) in [5, 5.41) is 4.12. The number of nitrogens with zero attached hydrogens (tertiary/aromatic N) is 5. The van der Waals surface area contributed by atoms with Gasteiger partial charge in [-0.1, -0.05) is 32.4 Å². The molecule has 0 bridgehead atoms. The number of hydrogen-bond acceptors (Lipinski definition) is 6. The van der Waals surface area contributed by atoms with Crippen LogP contribution in [0.15, 0.2) is 41.5 Å². The summed E-state index contributed by atoms with van der Waals surface area (Å²) in [6.07, 6.45) is -0.415. The van der Waals surface area contributed by atoms with Crippen LogP contribution < -0.4 is 5.56 Å². The smallest absolute Gasteiger partial charge is 0.416 e. The molecule has 3 aromatic heterocycles. The highest BCUT2D eigenvalue weighted by molar-refractivity contribution is 6.28. The van der Waals surface area contributed by atoms with Gasteiger partial charge < -0.3 is 4.74 Å². The molecule has 4 aromatic rings. The van der Waals surface area contributed by atoms with Crippen molar-refractivity contribution < 1.29 is 22.7 Å². The van der Waals surface area contributed by atoms with Gasteiger partial charge >= 0.3 is 12.1 Å². The molecule has 0 amide bonds. The van der Waals surface area contributed by atoms with E-state index in [0.29, 0.717) is 30.4 Å². The summed E-state index contributed by atoms with van der Waals surface area (Å²) >= 11 is 5.94. The number of esters is 1. The third-order valence-electron chi connectivity index (χ3n) is 5.56. The molecule has 0 spiro atoms. The van der Waals surface area contributed by atoms with E-state index in [4.69, 9.17) is 16.3 Å². The summed E-state index contributed by atoms with van der Waals surface area (Å²) in [6, 6.07) is 4.97. The lowest BCUT2D eigenvalue weighted by molar-refractivity contribution is -0.154. The third kappa shape index (κ3) is 5.85. The Morgan fingerprint density at radius 2 is 2.00 bits per heavy atom. The van der Waals surface area contributed by atoms with Gasteiger partial charge in [0.1, 0.15) is 5.82 Å². The number of rotatable bonds is 9. The van der Waals surface area contributed by atoms with Crippen molar-refractivity contribution in [2.75, 3.05) is 0 Å². The van der Waals surface area contributed by atoms with Gasteiger partial charge in [-0.2, -0.15) is 23.3 Å². The second kappa shape index (κ2) is 10.8. The zero-order chi connectivity index (χ0) is 26.7. The van der Waals surface area contributed by atoms with E-state index in [2.05, 4.69) is 20.1 Å². The minimum Gasteiger partial charge on any atom is -0.441 e. The minimum absolute atomic E-state index is 0.0574. The molecule has 1 atom stereocenters. The highest BCUT2D eigenvalue weighted by Gasteiger charge is 2.30. The summed E-state index contributed by atoms with van der Waals surface area (Å²) in [7, 11) is 0. The maximum Gasteiger partial charge on any atom is 0.416 e. The molecule has 0 saturated carbocycles. The van der Waals surface area contributed by atoms with E-state index in [1.54, 1.807) is 12.3 Å². The van der Waals surface area contributed by atoms with Crippen LogP contribution in [0.1, 0.15) is 56.9 Å². The molecule has 13 heteroatoms. The number of halogens is 4. The highest BCUT2D eigenvalue weighted by Crippen LogP contribution is 2.31. The molecule has 0 aliphatic heterocycles. The number of carbonyl (C=O) groups excluding carboxylic acids is 1. The number of H-pyrrole nitrogens is 1. The molecular formula is C24H24ClF3N6O3. The number of aromatic amines is 1. The van der Waals surface area contributed by atoms with Crippen LogP contribution in [0, 0.1) is 0 Å². The fourth-order valence-electron chi connectivity index (χ4n) is 3.97. The molecule has 0 aliphatic rings. The molecule has 196 valence electrons. The number of fused-ring (bicyclic) bond motifs is 1. The summed E-state index contributed by atoms with van der Waals surface area (Å²) in [6.45, 7) is 3.83. The lowest BCUT2D eigenvalue weighted by Gasteiger charge is -2.21. The molecule has 4 rings (SSSR count). The van der Waals surface area contributed by atoms with Crippen LogP contribution in [0.4, 0.5) is 13.2 Å². The summed E-state index contributed by atoms with van der Waals surface area (Å²) in [5.74, 6) is -0.166. The van der Waals surface area contributed by atoms with Crippen LogP contribution in [-0.2, 0) is 22.3 Å². The van der Waals surface area contributed by atoms with E-state index in [0.717, 1.165) is 12.1 Å². The molecule has 1 unspecified atom stereocenters. The number of ether oxygens (including phenoxy) is 1. The maximum absolute atomic E-state index is 13.1. The molecule has 0 radical (unpaired) electrons. The van der Waals surface area contributed by atoms with E-state index >= 15 is 0 Å². The first kappa shape index (κ1) is 26.4. The van der Waals surface area contributed by atoms with Crippen molar-refractivity contribution in [2.45, 2.75) is 58.5 Å². The fourth-order valence-corrected chi connectivity index (χ4v) is 4.13. The van der Waals surface area contributed by atoms with Crippen LogP contribution in [0.5, 0.6) is 0 Å². The number of hydrogen-bond donors (Lipinski definition) is 1. The number of benzene rings is 1. The number of aromatic nitrogens is 6. The Kier molecular flexibility index (Phi) is 7.67. The Bertz CT molecular complexity index is 1480. The van der Waals surface area contributed by atoms with Crippen LogP contribution in [0.25, 0.3) is 22.6 Å². The second-order valence-electron chi connectivity index (χ2n) is 8.44. The Hall–Kier alpha value is -3.67. The topological polar surface area (TPSA) is 108 Å². The molecule has 9 nitrogen and oxygen atoms in total. The van der Waals surface area contributed by atoms with Gasteiger partial charge in [-0.25, -0.2) is 4.98 Å². The fraction of sp³-hybridized carbons (Fsp3) is 0.375. The van der Waals surface area contributed by atoms with E-state index in [9.17, 15) is 22.8 Å². The van der Waals surface area contributed by atoms with Crippen LogP contribution in [0.2, 0.25) is 5.28 Å². The molecule has 1 N–H and O–H groups in total. The molecule has 0 fully saturated rings. The van der Waals surface area contributed by atoms with Gasteiger partial charge in [-0.05, 0) is 35.7 Å². The highest BCUT2D eigenvalue weighted by atomic mass is 35.5. The van der Waals surface area contributed by atoms with Gasteiger partial charge in [0.15, 0.2) is 17.4 Å². The summed E-state index contributed by atoms with van der Waals surface area (Å²) in [4.78, 5) is 36.3. The Labute approximate surface area is 214 Å². The Morgan fingerprint density at radius 1 is 1.22 bits per heavy atom. The average Bonchev–Trinajstić information content (AvgIpc) is 3.43. The minimum atomic E-state index is -4.46. The van der Waals surface area contributed by atoms with Gasteiger partial charge in [-0.3, -0.25) is 23.8 Å². The standard InChI is InChI=1S/C24H24ClF3N6O3/c1-3-6-17(37-18(35)7-4-2)34-19-20(31-23(25)32-22(19)36)30-21(34)15-11-29-33(13-15)12-14-8-5-9-16(10-14)24(26,27)28/h5,8-11,13,17H,3-4,6-7,12H2,1-2H3,(H,31,32,36). The number of alkyl halides is 3. The predicted molar refractivity (Wildman–Crippen MR) is 130 cm³/mol. The first-order chi connectivity index (χ1) is 17.6. The lowest BCUT2D eigenvalue weighted by atomic mass is 10.1. The van der Waals surface area contributed by atoms with Gasteiger partial charge in [0.05, 0.1) is 23.9 Å². The zero-order valence-corrected chi connectivity index (χ0v) is 20.8. The van der Waals surface area contributed by atoms with Crippen molar-refractivity contribution in [3.05, 3.63) is 63.4 Å². The van der Waals surface area contributed by atoms with Gasteiger partial charge in [0, 0.05) is 19.0 Å². The molecule has 1 aromatic carbocycles. The van der Waals surface area contributed by atoms with Crippen LogP contribution in [-0.4, -0.2) is 35.3 Å². The van der Waals surface area contributed by atoms with Crippen LogP contribution in [0.3, 0.4) is 0 Å². The summed E-state index contributed by atoms with van der Waals surface area (Å²) in [5.41, 5.74) is -0.321. The number of carbonyl (C=O) groups is 1. The van der Waals surface area contributed by atoms with Gasteiger partial charge in [0.25, 0.3) is 5.56 Å². The summed E-state index contributed by atoms with van der Waals surface area (Å²) < 4.78 is 48.0. The first-order valence-electron chi connectivity index (χ1n) is 11.7. The molecular weight excluding hydrogens is 513 g/mol. The Balaban J connectivity index is 1.77. The predicted octanol–water partition coefficient (Wildman–Crippen LogP) is 5.35. The van der Waals surface area contributed by atoms with Crippen molar-refractivity contribution in [3.8, 4) is 11.4 Å². The lowest BCUT2D eigenvalue weighted by Crippen LogP contribution is -2.21. The zero-order valence-electron chi connectivity index (χ0n) is 20.0. The van der Waals surface area contributed by atoms with Crippen molar-refractivity contribution in [1.29, 1.82) is 0 Å². The molecule has 0 saturated heterocycles. The molecule has 3 heterocycles. The SMILES string of the molecule is CCCC(=O)OC(CCC)n1c(-c2cnn(Cc3cccc(C(F)(F)F)c3)c2)nc2nc(Cl)[nH]c(=O)c21. The Morgan fingerprint density at radius 3 is 2.70 bits per heavy atom. The van der Waals surface area contributed by atoms with E-state index < -0.39 is 29.5 Å². The number of nitrogens with one attached hydrogen (secondary N) is 1. The van der Waals surface area contributed by atoms with Gasteiger partial charge in [-0.15, -0.1) is 0 Å².